The van der Waals surface area contributed by atoms with Gasteiger partial charge in [0.15, 0.2) is 0 Å². The van der Waals surface area contributed by atoms with Crippen LogP contribution in [0.25, 0.3) is 0 Å². The average Bonchev–Trinajstić information content (AvgIpc) is 3.21. The molecule has 3 rings (SSSR count). The molecule has 0 saturated heterocycles. The molecule has 33 heavy (non-hydrogen) atoms. The van der Waals surface area contributed by atoms with Crippen LogP contribution in [-0.4, -0.2) is 19.1 Å². The van der Waals surface area contributed by atoms with Gasteiger partial charge in [-0.1, -0.05) is 59.6 Å². The van der Waals surface area contributed by atoms with Gasteiger partial charge >= 0.3 is 10.4 Å². The van der Waals surface area contributed by atoms with Gasteiger partial charge in [-0.2, -0.15) is 8.42 Å². The maximum Gasteiger partial charge on any atom is 0.397 e. The van der Waals surface area contributed by atoms with Crippen molar-refractivity contribution < 1.29 is 21.6 Å². The molecule has 0 aliphatic heterocycles. The SMILES string of the molecule is CC1=CC[C@@]2(C)C(C)(C)CCC[C@]2(C)[C@@]1(C)C[C@H](OS(=O)(=O)O)[C@H](C)CCCc1ccoc1. The van der Waals surface area contributed by atoms with E-state index in [1.54, 1.807) is 12.5 Å². The summed E-state index contributed by atoms with van der Waals surface area (Å²) in [5, 5.41) is 0. The second-order valence-corrected chi connectivity index (χ2v) is 13.1. The van der Waals surface area contributed by atoms with Crippen LogP contribution < -0.4 is 0 Å². The lowest BCUT2D eigenvalue weighted by Crippen LogP contribution is -2.61. The number of aryl methyl sites for hydroxylation is 1. The number of allylic oxidation sites excluding steroid dienone is 2. The van der Waals surface area contributed by atoms with Crippen molar-refractivity contribution in [2.24, 2.45) is 27.6 Å². The lowest BCUT2D eigenvalue weighted by molar-refractivity contribution is -0.163. The van der Waals surface area contributed by atoms with E-state index in [0.29, 0.717) is 6.42 Å². The zero-order valence-corrected chi connectivity index (χ0v) is 22.4. The van der Waals surface area contributed by atoms with Crippen molar-refractivity contribution in [2.75, 3.05) is 0 Å². The van der Waals surface area contributed by atoms with E-state index in [1.165, 1.54) is 18.4 Å². The molecule has 1 saturated carbocycles. The van der Waals surface area contributed by atoms with Gasteiger partial charge in [0.25, 0.3) is 0 Å². The zero-order chi connectivity index (χ0) is 24.7. The van der Waals surface area contributed by atoms with Gasteiger partial charge < -0.3 is 4.42 Å². The van der Waals surface area contributed by atoms with Crippen molar-refractivity contribution >= 4 is 10.4 Å². The summed E-state index contributed by atoms with van der Waals surface area (Å²) < 4.78 is 43.9. The standard InChI is InChI=1S/C27H44O5S/c1-20(10-8-11-22-13-17-31-19-22)23(32-33(28,29)30)18-25(5)21(2)12-16-26(6)24(3,4)14-9-15-27(25,26)7/h12-13,17,19-20,23H,8-11,14-16,18H2,1-7H3,(H,28,29,30)/t20-,23+,25+,26+,27-/m1/s1. The van der Waals surface area contributed by atoms with Gasteiger partial charge in [0.1, 0.15) is 0 Å². The largest absolute Gasteiger partial charge is 0.472 e. The molecule has 1 aromatic heterocycles. The van der Waals surface area contributed by atoms with Gasteiger partial charge in [-0.3, -0.25) is 4.55 Å². The predicted octanol–water partition coefficient (Wildman–Crippen LogP) is 7.40. The monoisotopic (exact) mass is 480 g/mol. The van der Waals surface area contributed by atoms with Crippen molar-refractivity contribution in [3.8, 4) is 0 Å². The first-order valence-electron chi connectivity index (χ1n) is 12.5. The maximum atomic E-state index is 11.9. The Bertz CT molecular complexity index is 947. The topological polar surface area (TPSA) is 76.7 Å². The summed E-state index contributed by atoms with van der Waals surface area (Å²) in [5.41, 5.74) is 2.51. The molecular formula is C27H44O5S. The summed E-state index contributed by atoms with van der Waals surface area (Å²) in [6.07, 6.45) is 12.9. The van der Waals surface area contributed by atoms with E-state index in [-0.39, 0.29) is 27.6 Å². The Kier molecular flexibility index (Phi) is 7.35. The number of hydrogen-bond donors (Lipinski definition) is 1. The zero-order valence-electron chi connectivity index (χ0n) is 21.6. The first-order chi connectivity index (χ1) is 15.2. The average molecular weight is 481 g/mol. The van der Waals surface area contributed by atoms with Gasteiger partial charge in [0.2, 0.25) is 0 Å². The van der Waals surface area contributed by atoms with Crippen LogP contribution in [0.3, 0.4) is 0 Å². The molecule has 0 amide bonds. The highest BCUT2D eigenvalue weighted by Crippen LogP contribution is 2.72. The Labute approximate surface area is 201 Å². The van der Waals surface area contributed by atoms with Crippen LogP contribution in [0.5, 0.6) is 0 Å². The summed E-state index contributed by atoms with van der Waals surface area (Å²) in [6, 6.07) is 1.96. The molecule has 0 aromatic carbocycles. The number of fused-ring (bicyclic) bond motifs is 1. The van der Waals surface area contributed by atoms with Crippen LogP contribution in [0.15, 0.2) is 34.7 Å². The summed E-state index contributed by atoms with van der Waals surface area (Å²) in [4.78, 5) is 0. The Morgan fingerprint density at radius 1 is 1.15 bits per heavy atom. The van der Waals surface area contributed by atoms with Gasteiger partial charge in [-0.15, -0.1) is 0 Å². The van der Waals surface area contributed by atoms with Crippen LogP contribution in [0.2, 0.25) is 0 Å². The second kappa shape index (κ2) is 9.16. The Balaban J connectivity index is 1.89. The van der Waals surface area contributed by atoms with E-state index in [9.17, 15) is 13.0 Å². The highest BCUT2D eigenvalue weighted by atomic mass is 32.3. The number of hydrogen-bond acceptors (Lipinski definition) is 4. The first-order valence-corrected chi connectivity index (χ1v) is 13.9. The minimum absolute atomic E-state index is 0.00206. The minimum Gasteiger partial charge on any atom is -0.472 e. The van der Waals surface area contributed by atoms with E-state index >= 15 is 0 Å². The molecule has 1 fully saturated rings. The molecule has 0 radical (unpaired) electrons. The highest BCUT2D eigenvalue weighted by Gasteiger charge is 2.64. The van der Waals surface area contributed by atoms with Crippen LogP contribution in [0, 0.1) is 27.6 Å². The van der Waals surface area contributed by atoms with Crippen LogP contribution >= 0.6 is 0 Å². The molecule has 1 aromatic rings. The molecule has 0 spiro atoms. The van der Waals surface area contributed by atoms with E-state index < -0.39 is 16.5 Å². The van der Waals surface area contributed by atoms with Gasteiger partial charge in [0.05, 0.1) is 18.6 Å². The van der Waals surface area contributed by atoms with Crippen LogP contribution in [0.4, 0.5) is 0 Å². The van der Waals surface area contributed by atoms with Crippen LogP contribution in [-0.2, 0) is 21.0 Å². The van der Waals surface area contributed by atoms with Crippen LogP contribution in [0.1, 0.15) is 99.0 Å². The van der Waals surface area contributed by atoms with E-state index in [1.807, 2.05) is 13.0 Å². The smallest absolute Gasteiger partial charge is 0.397 e. The molecular weight excluding hydrogens is 436 g/mol. The van der Waals surface area contributed by atoms with Gasteiger partial charge in [-0.05, 0) is 91.1 Å². The molecule has 5 atom stereocenters. The molecule has 2 aliphatic carbocycles. The first kappa shape index (κ1) is 26.5. The minimum atomic E-state index is -4.55. The second-order valence-electron chi connectivity index (χ2n) is 12.1. The summed E-state index contributed by atoms with van der Waals surface area (Å²) in [7, 11) is -4.55. The Hall–Kier alpha value is -1.11. The maximum absolute atomic E-state index is 11.9. The van der Waals surface area contributed by atoms with Crippen molar-refractivity contribution in [3.63, 3.8) is 0 Å². The number of rotatable bonds is 9. The summed E-state index contributed by atoms with van der Waals surface area (Å²) in [6.45, 7) is 16.2. The van der Waals surface area contributed by atoms with E-state index in [2.05, 4.69) is 47.6 Å². The molecule has 5 nitrogen and oxygen atoms in total. The fourth-order valence-electron chi connectivity index (χ4n) is 7.11. The third kappa shape index (κ3) is 4.85. The highest BCUT2D eigenvalue weighted by molar-refractivity contribution is 7.80. The molecule has 0 bridgehead atoms. The summed E-state index contributed by atoms with van der Waals surface area (Å²) >= 11 is 0. The normalized spacial score (nSPS) is 33.8. The van der Waals surface area contributed by atoms with Crippen molar-refractivity contribution in [1.82, 2.24) is 0 Å². The fraction of sp³-hybridized carbons (Fsp3) is 0.778. The van der Waals surface area contributed by atoms with Crippen molar-refractivity contribution in [2.45, 2.75) is 106 Å². The van der Waals surface area contributed by atoms with E-state index in [0.717, 1.165) is 37.7 Å². The third-order valence-corrected chi connectivity index (χ3v) is 10.8. The molecule has 1 heterocycles. The van der Waals surface area contributed by atoms with E-state index in [4.69, 9.17) is 8.60 Å². The molecule has 188 valence electrons. The molecule has 1 N–H and O–H groups in total. The molecule has 2 aliphatic rings. The quantitative estimate of drug-likeness (QED) is 0.294. The summed E-state index contributed by atoms with van der Waals surface area (Å²) in [5.74, 6) is -0.0168. The Morgan fingerprint density at radius 3 is 2.45 bits per heavy atom. The molecule has 6 heteroatoms. The van der Waals surface area contributed by atoms with Crippen molar-refractivity contribution in [1.29, 1.82) is 0 Å². The lowest BCUT2D eigenvalue weighted by atomic mass is 9.36. The van der Waals surface area contributed by atoms with Gasteiger partial charge in [0, 0.05) is 0 Å². The molecule has 0 unspecified atom stereocenters. The third-order valence-electron chi connectivity index (χ3n) is 10.3. The fourth-order valence-corrected chi connectivity index (χ4v) is 7.68. The lowest BCUT2D eigenvalue weighted by Gasteiger charge is -2.68. The predicted molar refractivity (Wildman–Crippen MR) is 132 cm³/mol. The van der Waals surface area contributed by atoms with Gasteiger partial charge in [-0.25, -0.2) is 4.18 Å². The Morgan fingerprint density at radius 2 is 1.85 bits per heavy atom. The van der Waals surface area contributed by atoms with Crippen molar-refractivity contribution in [3.05, 3.63) is 35.8 Å². The number of furan rings is 1.